The number of anilines is 1. The first kappa shape index (κ1) is 12.3. The van der Waals surface area contributed by atoms with Crippen molar-refractivity contribution in [3.05, 3.63) is 40.6 Å². The van der Waals surface area contributed by atoms with E-state index in [2.05, 4.69) is 4.98 Å². The maximum Gasteiger partial charge on any atom is 0.204 e. The Morgan fingerprint density at radius 2 is 2.18 bits per heavy atom. The first-order chi connectivity index (χ1) is 8.06. The molecule has 0 radical (unpaired) electrons. The van der Waals surface area contributed by atoms with Crippen LogP contribution in [0.25, 0.3) is 0 Å². The van der Waals surface area contributed by atoms with Crippen molar-refractivity contribution >= 4 is 29.1 Å². The molecule has 90 valence electrons. The Morgan fingerprint density at radius 1 is 1.41 bits per heavy atom. The molecule has 0 unspecified atom stereocenters. The van der Waals surface area contributed by atoms with E-state index < -0.39 is 0 Å². The normalized spacial score (nSPS) is 10.8. The van der Waals surface area contributed by atoms with E-state index in [0.717, 1.165) is 22.2 Å². The van der Waals surface area contributed by atoms with Gasteiger partial charge >= 0.3 is 0 Å². The second kappa shape index (κ2) is 5.02. The standard InChI is InChI=1S/C12H13ClN2OS/c1-7-8(2)16-12(15-7)6-17-11-4-3-9(14)5-10(11)13/h3-5H,6,14H2,1-2H3. The number of rotatable bonds is 3. The molecule has 1 aromatic carbocycles. The van der Waals surface area contributed by atoms with Gasteiger partial charge in [-0.15, -0.1) is 11.8 Å². The summed E-state index contributed by atoms with van der Waals surface area (Å²) in [6, 6.07) is 5.49. The quantitative estimate of drug-likeness (QED) is 0.679. The molecule has 0 aliphatic heterocycles. The highest BCUT2D eigenvalue weighted by atomic mass is 35.5. The van der Waals surface area contributed by atoms with Crippen molar-refractivity contribution in [1.29, 1.82) is 0 Å². The molecular formula is C12H13ClN2OS. The topological polar surface area (TPSA) is 52.0 Å². The summed E-state index contributed by atoms with van der Waals surface area (Å²) in [4.78, 5) is 5.30. The van der Waals surface area contributed by atoms with Gasteiger partial charge < -0.3 is 10.2 Å². The summed E-state index contributed by atoms with van der Waals surface area (Å²) < 4.78 is 5.50. The summed E-state index contributed by atoms with van der Waals surface area (Å²) in [5.41, 5.74) is 7.24. The van der Waals surface area contributed by atoms with Gasteiger partial charge in [-0.25, -0.2) is 4.98 Å². The van der Waals surface area contributed by atoms with Crippen molar-refractivity contribution in [2.45, 2.75) is 24.5 Å². The van der Waals surface area contributed by atoms with Gasteiger partial charge in [0.2, 0.25) is 5.89 Å². The number of nitrogens with two attached hydrogens (primary N) is 1. The summed E-state index contributed by atoms with van der Waals surface area (Å²) in [6.45, 7) is 3.84. The van der Waals surface area contributed by atoms with Crippen LogP contribution in [0, 0.1) is 13.8 Å². The van der Waals surface area contributed by atoms with Gasteiger partial charge in [-0.1, -0.05) is 11.6 Å². The first-order valence-electron chi connectivity index (χ1n) is 5.17. The number of nitrogens with zero attached hydrogens (tertiary/aromatic N) is 1. The highest BCUT2D eigenvalue weighted by Gasteiger charge is 2.07. The third kappa shape index (κ3) is 2.96. The van der Waals surface area contributed by atoms with Crippen LogP contribution >= 0.6 is 23.4 Å². The molecule has 0 fully saturated rings. The molecule has 0 amide bonds. The molecule has 0 aliphatic carbocycles. The molecule has 5 heteroatoms. The molecule has 2 rings (SSSR count). The zero-order valence-corrected chi connectivity index (χ0v) is 11.2. The second-order valence-electron chi connectivity index (χ2n) is 3.73. The minimum Gasteiger partial charge on any atom is -0.445 e. The van der Waals surface area contributed by atoms with Crippen molar-refractivity contribution in [3.63, 3.8) is 0 Å². The van der Waals surface area contributed by atoms with Gasteiger partial charge in [0.1, 0.15) is 5.76 Å². The van der Waals surface area contributed by atoms with Crippen molar-refractivity contribution in [1.82, 2.24) is 4.98 Å². The van der Waals surface area contributed by atoms with Crippen LogP contribution in [0.1, 0.15) is 17.3 Å². The fourth-order valence-electron chi connectivity index (χ4n) is 1.37. The van der Waals surface area contributed by atoms with Gasteiger partial charge in [0, 0.05) is 10.6 Å². The number of oxazole rings is 1. The van der Waals surface area contributed by atoms with Crippen molar-refractivity contribution in [2.75, 3.05) is 5.73 Å². The van der Waals surface area contributed by atoms with Crippen LogP contribution in [0.5, 0.6) is 0 Å². The third-order valence-electron chi connectivity index (χ3n) is 2.38. The van der Waals surface area contributed by atoms with Crippen molar-refractivity contribution in [3.8, 4) is 0 Å². The number of nitrogen functional groups attached to an aromatic ring is 1. The second-order valence-corrected chi connectivity index (χ2v) is 5.15. The predicted octanol–water partition coefficient (Wildman–Crippen LogP) is 3.82. The Balaban J connectivity index is 2.07. The Bertz CT molecular complexity index is 520. The van der Waals surface area contributed by atoms with Crippen LogP contribution in [-0.2, 0) is 5.75 Å². The summed E-state index contributed by atoms with van der Waals surface area (Å²) in [5, 5.41) is 0.662. The monoisotopic (exact) mass is 268 g/mol. The van der Waals surface area contributed by atoms with E-state index in [1.165, 1.54) is 0 Å². The van der Waals surface area contributed by atoms with Crippen LogP contribution in [0.2, 0.25) is 5.02 Å². The molecule has 2 N–H and O–H groups in total. The Hall–Kier alpha value is -1.13. The van der Waals surface area contributed by atoms with Gasteiger partial charge in [0.05, 0.1) is 16.5 Å². The zero-order chi connectivity index (χ0) is 12.4. The van der Waals surface area contributed by atoms with E-state index in [0.29, 0.717) is 16.5 Å². The van der Waals surface area contributed by atoms with Crippen LogP contribution < -0.4 is 5.73 Å². The smallest absolute Gasteiger partial charge is 0.204 e. The minimum absolute atomic E-state index is 0.662. The average molecular weight is 269 g/mol. The fraction of sp³-hybridized carbons (Fsp3) is 0.250. The molecule has 0 saturated carbocycles. The number of halogens is 1. The molecule has 0 bridgehead atoms. The lowest BCUT2D eigenvalue weighted by Gasteiger charge is -2.02. The SMILES string of the molecule is Cc1nc(CSc2ccc(N)cc2Cl)oc1C. The number of aryl methyl sites for hydroxylation is 2. The Labute approximate surface area is 109 Å². The lowest BCUT2D eigenvalue weighted by atomic mass is 10.3. The van der Waals surface area contributed by atoms with Gasteiger partial charge in [0.25, 0.3) is 0 Å². The summed E-state index contributed by atoms with van der Waals surface area (Å²) in [5.74, 6) is 2.25. The lowest BCUT2D eigenvalue weighted by Crippen LogP contribution is -1.86. The fourth-order valence-corrected chi connectivity index (χ4v) is 2.49. The lowest BCUT2D eigenvalue weighted by molar-refractivity contribution is 0.489. The maximum atomic E-state index is 6.08. The average Bonchev–Trinajstić information content (AvgIpc) is 2.57. The van der Waals surface area contributed by atoms with Crippen molar-refractivity contribution in [2.24, 2.45) is 0 Å². The predicted molar refractivity (Wildman–Crippen MR) is 71.4 cm³/mol. The number of hydrogen-bond donors (Lipinski definition) is 1. The summed E-state index contributed by atoms with van der Waals surface area (Å²) in [6.07, 6.45) is 0. The van der Waals surface area contributed by atoms with Gasteiger partial charge in [0.15, 0.2) is 0 Å². The molecule has 0 spiro atoms. The molecule has 1 aromatic heterocycles. The largest absolute Gasteiger partial charge is 0.445 e. The van der Waals surface area contributed by atoms with Crippen LogP contribution in [0.3, 0.4) is 0 Å². The number of hydrogen-bond acceptors (Lipinski definition) is 4. The maximum absolute atomic E-state index is 6.08. The summed E-state index contributed by atoms with van der Waals surface area (Å²) in [7, 11) is 0. The highest BCUT2D eigenvalue weighted by molar-refractivity contribution is 7.98. The minimum atomic E-state index is 0.662. The number of thioether (sulfide) groups is 1. The molecule has 0 aliphatic rings. The van der Waals surface area contributed by atoms with Crippen LogP contribution in [-0.4, -0.2) is 4.98 Å². The van der Waals surface area contributed by atoms with E-state index in [4.69, 9.17) is 21.8 Å². The van der Waals surface area contributed by atoms with E-state index >= 15 is 0 Å². The number of benzene rings is 1. The molecule has 3 nitrogen and oxygen atoms in total. The van der Waals surface area contributed by atoms with E-state index in [1.807, 2.05) is 26.0 Å². The van der Waals surface area contributed by atoms with Gasteiger partial charge in [-0.05, 0) is 32.0 Å². The zero-order valence-electron chi connectivity index (χ0n) is 9.66. The molecule has 1 heterocycles. The van der Waals surface area contributed by atoms with Gasteiger partial charge in [-0.2, -0.15) is 0 Å². The van der Waals surface area contributed by atoms with E-state index in [9.17, 15) is 0 Å². The molecular weight excluding hydrogens is 256 g/mol. The van der Waals surface area contributed by atoms with E-state index in [1.54, 1.807) is 17.8 Å². The van der Waals surface area contributed by atoms with E-state index in [-0.39, 0.29) is 0 Å². The summed E-state index contributed by atoms with van der Waals surface area (Å²) >= 11 is 7.67. The van der Waals surface area contributed by atoms with Crippen LogP contribution in [0.15, 0.2) is 27.5 Å². The molecule has 0 atom stereocenters. The molecule has 0 saturated heterocycles. The Kier molecular flexibility index (Phi) is 3.64. The van der Waals surface area contributed by atoms with Gasteiger partial charge in [-0.3, -0.25) is 0 Å². The number of aromatic nitrogens is 1. The molecule has 17 heavy (non-hydrogen) atoms. The molecule has 2 aromatic rings. The Morgan fingerprint density at radius 3 is 2.76 bits per heavy atom. The van der Waals surface area contributed by atoms with Crippen molar-refractivity contribution < 1.29 is 4.42 Å². The third-order valence-corrected chi connectivity index (χ3v) is 3.86. The highest BCUT2D eigenvalue weighted by Crippen LogP contribution is 2.31. The van der Waals surface area contributed by atoms with Crippen LogP contribution in [0.4, 0.5) is 5.69 Å². The first-order valence-corrected chi connectivity index (χ1v) is 6.53.